The number of hydrogen-bond acceptors (Lipinski definition) is 4. The normalized spacial score (nSPS) is 11.0. The van der Waals surface area contributed by atoms with Crippen LogP contribution in [0, 0.1) is 6.92 Å². The van der Waals surface area contributed by atoms with Crippen molar-refractivity contribution >= 4 is 28.5 Å². The van der Waals surface area contributed by atoms with Gasteiger partial charge in [-0.05, 0) is 48.7 Å². The molecule has 2 aromatic carbocycles. The van der Waals surface area contributed by atoms with Crippen LogP contribution in [-0.2, 0) is 6.42 Å². The van der Waals surface area contributed by atoms with E-state index in [0.29, 0.717) is 0 Å². The zero-order valence-electron chi connectivity index (χ0n) is 14.4. The van der Waals surface area contributed by atoms with Gasteiger partial charge in [-0.15, -0.1) is 5.10 Å². The fraction of sp³-hybridized carbons (Fsp3) is 0.150. The highest BCUT2D eigenvalue weighted by Gasteiger charge is 2.13. The van der Waals surface area contributed by atoms with E-state index in [-0.39, 0.29) is 0 Å². The summed E-state index contributed by atoms with van der Waals surface area (Å²) in [6.45, 7) is 2.83. The van der Waals surface area contributed by atoms with Crippen LogP contribution in [0.15, 0.2) is 61.1 Å². The molecule has 0 spiro atoms. The second-order valence-corrected chi connectivity index (χ2v) is 6.60. The number of nitrogens with zero attached hydrogens (tertiary/aromatic N) is 4. The lowest BCUT2D eigenvalue weighted by Crippen LogP contribution is -2.06. The van der Waals surface area contributed by atoms with Crippen LogP contribution in [-0.4, -0.2) is 26.3 Å². The summed E-state index contributed by atoms with van der Waals surface area (Å²) in [4.78, 5) is 8.57. The minimum absolute atomic E-state index is 0.752. The lowest BCUT2D eigenvalue weighted by atomic mass is 10.1. The quantitative estimate of drug-likeness (QED) is 0.569. The van der Waals surface area contributed by atoms with Crippen LogP contribution in [0.4, 0.5) is 5.82 Å². The highest BCUT2D eigenvalue weighted by atomic mass is 35.5. The van der Waals surface area contributed by atoms with Crippen molar-refractivity contribution in [3.63, 3.8) is 0 Å². The van der Waals surface area contributed by atoms with Gasteiger partial charge in [-0.3, -0.25) is 0 Å². The summed E-state index contributed by atoms with van der Waals surface area (Å²) in [6, 6.07) is 16.1. The zero-order chi connectivity index (χ0) is 17.9. The van der Waals surface area contributed by atoms with Crippen molar-refractivity contribution in [3.05, 3.63) is 77.2 Å². The van der Waals surface area contributed by atoms with Crippen LogP contribution in [0.3, 0.4) is 0 Å². The highest BCUT2D eigenvalue weighted by molar-refractivity contribution is 6.30. The molecule has 6 heteroatoms. The molecule has 0 aliphatic carbocycles. The number of rotatable bonds is 5. The molecule has 0 atom stereocenters. The Kier molecular flexibility index (Phi) is 4.54. The Hall–Kier alpha value is -2.92. The lowest BCUT2D eigenvalue weighted by Gasteiger charge is -2.04. The molecule has 0 saturated carbocycles. The van der Waals surface area contributed by atoms with E-state index in [4.69, 9.17) is 16.7 Å². The first kappa shape index (κ1) is 16.5. The van der Waals surface area contributed by atoms with Crippen molar-refractivity contribution in [3.8, 4) is 5.69 Å². The zero-order valence-corrected chi connectivity index (χ0v) is 15.1. The molecular weight excluding hydrogens is 346 g/mol. The molecule has 0 bridgehead atoms. The molecule has 26 heavy (non-hydrogen) atoms. The predicted molar refractivity (Wildman–Crippen MR) is 105 cm³/mol. The Bertz CT molecular complexity index is 1040. The molecule has 1 N–H and O–H groups in total. The largest absolute Gasteiger partial charge is 0.368 e. The number of fused-ring (bicyclic) bond motifs is 1. The van der Waals surface area contributed by atoms with Gasteiger partial charge in [-0.2, -0.15) is 0 Å². The van der Waals surface area contributed by atoms with Crippen LogP contribution in [0.2, 0.25) is 5.02 Å². The third kappa shape index (κ3) is 3.39. The molecule has 130 valence electrons. The molecule has 4 rings (SSSR count). The smallest absolute Gasteiger partial charge is 0.168 e. The highest BCUT2D eigenvalue weighted by Crippen LogP contribution is 2.23. The molecule has 0 amide bonds. The summed E-state index contributed by atoms with van der Waals surface area (Å²) in [5.74, 6) is 0.788. The average Bonchev–Trinajstić information content (AvgIpc) is 3.02. The second kappa shape index (κ2) is 7.14. The molecule has 4 aromatic rings. The first-order valence-electron chi connectivity index (χ1n) is 8.45. The van der Waals surface area contributed by atoms with E-state index in [1.54, 1.807) is 12.5 Å². The van der Waals surface area contributed by atoms with Gasteiger partial charge in [0.25, 0.3) is 0 Å². The predicted octanol–water partition coefficient (Wildman–Crippen LogP) is 4.43. The van der Waals surface area contributed by atoms with Crippen molar-refractivity contribution in [2.24, 2.45) is 0 Å². The van der Waals surface area contributed by atoms with Crippen molar-refractivity contribution in [2.45, 2.75) is 13.3 Å². The monoisotopic (exact) mass is 363 g/mol. The van der Waals surface area contributed by atoms with Crippen LogP contribution < -0.4 is 5.32 Å². The van der Waals surface area contributed by atoms with Crippen LogP contribution in [0.25, 0.3) is 16.7 Å². The summed E-state index contributed by atoms with van der Waals surface area (Å²) in [7, 11) is 0. The van der Waals surface area contributed by atoms with Crippen LogP contribution >= 0.6 is 11.6 Å². The fourth-order valence-electron chi connectivity index (χ4n) is 2.91. The van der Waals surface area contributed by atoms with Crippen LogP contribution in [0.1, 0.15) is 11.1 Å². The average molecular weight is 364 g/mol. The fourth-order valence-corrected chi connectivity index (χ4v) is 3.03. The Balaban J connectivity index is 1.60. The molecule has 0 unspecified atom stereocenters. The van der Waals surface area contributed by atoms with Gasteiger partial charge in [0.2, 0.25) is 0 Å². The Morgan fingerprint density at radius 1 is 1.12 bits per heavy atom. The maximum atomic E-state index is 5.94. The Morgan fingerprint density at radius 3 is 2.77 bits per heavy atom. The van der Waals surface area contributed by atoms with Crippen molar-refractivity contribution in [1.29, 1.82) is 0 Å². The van der Waals surface area contributed by atoms with Gasteiger partial charge in [-0.1, -0.05) is 35.9 Å². The van der Waals surface area contributed by atoms with Gasteiger partial charge < -0.3 is 5.32 Å². The number of nitrogens with one attached hydrogen (secondary N) is 1. The number of aryl methyl sites for hydroxylation is 1. The Labute approximate surface area is 156 Å². The summed E-state index contributed by atoms with van der Waals surface area (Å²) < 4.78 is 1.86. The number of anilines is 1. The number of hydrogen-bond donors (Lipinski definition) is 1. The van der Waals surface area contributed by atoms with Crippen molar-refractivity contribution < 1.29 is 0 Å². The number of halogens is 1. The first-order valence-corrected chi connectivity index (χ1v) is 8.82. The molecule has 5 nitrogen and oxygen atoms in total. The molecular formula is C20H18ClN5. The summed E-state index contributed by atoms with van der Waals surface area (Å²) in [5.41, 5.74) is 4.18. The summed E-state index contributed by atoms with van der Waals surface area (Å²) in [5, 5.41) is 9.80. The Morgan fingerprint density at radius 2 is 1.96 bits per heavy atom. The van der Waals surface area contributed by atoms with Gasteiger partial charge in [0, 0.05) is 17.8 Å². The van der Waals surface area contributed by atoms with Gasteiger partial charge >= 0.3 is 0 Å². The van der Waals surface area contributed by atoms with Gasteiger partial charge in [0.05, 0.1) is 11.1 Å². The topological polar surface area (TPSA) is 55.6 Å². The third-order valence-corrected chi connectivity index (χ3v) is 4.46. The molecule has 0 fully saturated rings. The molecule has 0 radical (unpaired) electrons. The maximum absolute atomic E-state index is 5.94. The van der Waals surface area contributed by atoms with Crippen molar-refractivity contribution in [1.82, 2.24) is 19.7 Å². The van der Waals surface area contributed by atoms with E-state index < -0.39 is 0 Å². The number of aromatic nitrogens is 4. The summed E-state index contributed by atoms with van der Waals surface area (Å²) in [6.07, 6.45) is 4.23. The summed E-state index contributed by atoms with van der Waals surface area (Å²) >= 11 is 5.94. The van der Waals surface area contributed by atoms with Crippen molar-refractivity contribution in [2.75, 3.05) is 11.9 Å². The van der Waals surface area contributed by atoms with E-state index in [0.717, 1.165) is 40.5 Å². The molecule has 0 saturated heterocycles. The van der Waals surface area contributed by atoms with E-state index in [2.05, 4.69) is 34.3 Å². The maximum Gasteiger partial charge on any atom is 0.168 e. The second-order valence-electron chi connectivity index (χ2n) is 6.16. The molecule has 0 aliphatic rings. The van der Waals surface area contributed by atoms with Gasteiger partial charge in [0.15, 0.2) is 11.5 Å². The molecule has 0 aliphatic heterocycles. The first-order chi connectivity index (χ1) is 12.7. The van der Waals surface area contributed by atoms with Crippen LogP contribution in [0.5, 0.6) is 0 Å². The standard InChI is InChI=1S/C20H18ClN5/c1-14-3-2-4-17(11-14)26-20-18(12-22-13-24-20)19(25-26)23-10-9-15-5-7-16(21)8-6-15/h2-8,11-13H,9-10H2,1H3,(H,23,25). The third-order valence-electron chi connectivity index (χ3n) is 4.21. The van der Waals surface area contributed by atoms with Gasteiger partial charge in [0.1, 0.15) is 6.33 Å². The lowest BCUT2D eigenvalue weighted by molar-refractivity contribution is 0.886. The minimum atomic E-state index is 0.752. The molecule has 2 aromatic heterocycles. The minimum Gasteiger partial charge on any atom is -0.368 e. The van der Waals surface area contributed by atoms with E-state index in [1.165, 1.54) is 11.1 Å². The van der Waals surface area contributed by atoms with E-state index >= 15 is 0 Å². The van der Waals surface area contributed by atoms with Gasteiger partial charge in [-0.25, -0.2) is 14.6 Å². The molecule has 2 heterocycles. The van der Waals surface area contributed by atoms with E-state index in [1.807, 2.05) is 41.1 Å². The SMILES string of the molecule is Cc1cccc(-n2nc(NCCc3ccc(Cl)cc3)c3cncnc32)c1. The van der Waals surface area contributed by atoms with E-state index in [9.17, 15) is 0 Å². The number of benzene rings is 2.